The van der Waals surface area contributed by atoms with Crippen LogP contribution in [-0.4, -0.2) is 20.7 Å². The SMILES string of the molecule is O=C(O)CCCn1c(O)c(Cc2cc(F)ccc2Br)sc1=S. The van der Waals surface area contributed by atoms with Crippen molar-refractivity contribution in [2.45, 2.75) is 25.8 Å². The minimum atomic E-state index is -0.884. The number of aromatic hydroxyl groups is 1. The zero-order chi connectivity index (χ0) is 16.3. The third-order valence-electron chi connectivity index (χ3n) is 3.07. The summed E-state index contributed by atoms with van der Waals surface area (Å²) in [6.45, 7) is 0.345. The maximum atomic E-state index is 13.3. The second-order valence-electron chi connectivity index (χ2n) is 4.68. The first-order valence-corrected chi connectivity index (χ1v) is 8.47. The molecule has 2 rings (SSSR count). The standard InChI is InChI=1S/C14H13BrFNO3S2/c15-10-4-3-9(16)6-8(10)7-11-13(20)17(14(21)22-11)5-1-2-12(18)19/h3-4,6,20H,1-2,5,7H2,(H,18,19). The highest BCUT2D eigenvalue weighted by molar-refractivity contribution is 9.10. The molecule has 0 unspecified atom stereocenters. The van der Waals surface area contributed by atoms with Gasteiger partial charge in [-0.2, -0.15) is 0 Å². The Bertz CT molecular complexity index is 757. The summed E-state index contributed by atoms with van der Waals surface area (Å²) in [4.78, 5) is 11.2. The number of hydrogen-bond acceptors (Lipinski definition) is 4. The largest absolute Gasteiger partial charge is 0.494 e. The molecule has 0 spiro atoms. The second-order valence-corrected chi connectivity index (χ2v) is 7.26. The lowest BCUT2D eigenvalue weighted by molar-refractivity contribution is -0.137. The summed E-state index contributed by atoms with van der Waals surface area (Å²) in [6, 6.07) is 4.37. The van der Waals surface area contributed by atoms with Crippen LogP contribution in [0.25, 0.3) is 0 Å². The van der Waals surface area contributed by atoms with Gasteiger partial charge in [-0.3, -0.25) is 9.36 Å². The molecule has 0 fully saturated rings. The highest BCUT2D eigenvalue weighted by Crippen LogP contribution is 2.31. The summed E-state index contributed by atoms with van der Waals surface area (Å²) in [5.74, 6) is -1.20. The molecule has 0 radical (unpaired) electrons. The number of aliphatic carboxylic acids is 1. The van der Waals surface area contributed by atoms with Gasteiger partial charge in [-0.15, -0.1) is 11.3 Å². The van der Waals surface area contributed by atoms with E-state index in [2.05, 4.69) is 15.9 Å². The summed E-state index contributed by atoms with van der Waals surface area (Å²) in [6.07, 6.45) is 0.753. The van der Waals surface area contributed by atoms with E-state index in [0.29, 0.717) is 33.8 Å². The van der Waals surface area contributed by atoms with Crippen LogP contribution in [0.15, 0.2) is 22.7 Å². The Balaban J connectivity index is 2.20. The van der Waals surface area contributed by atoms with Crippen molar-refractivity contribution < 1.29 is 19.4 Å². The number of halogens is 2. The predicted molar refractivity (Wildman–Crippen MR) is 88.6 cm³/mol. The molecular weight excluding hydrogens is 393 g/mol. The van der Waals surface area contributed by atoms with E-state index in [1.54, 1.807) is 6.07 Å². The molecule has 0 aliphatic rings. The van der Waals surface area contributed by atoms with E-state index < -0.39 is 5.97 Å². The molecule has 8 heteroatoms. The molecule has 0 bridgehead atoms. The number of carbonyl (C=O) groups is 1. The van der Waals surface area contributed by atoms with Gasteiger partial charge in [-0.05, 0) is 42.4 Å². The number of aromatic nitrogens is 1. The highest BCUT2D eigenvalue weighted by atomic mass is 79.9. The van der Waals surface area contributed by atoms with Gasteiger partial charge in [0.25, 0.3) is 0 Å². The first-order valence-electron chi connectivity index (χ1n) is 6.45. The van der Waals surface area contributed by atoms with Crippen LogP contribution in [0.2, 0.25) is 0 Å². The Morgan fingerprint density at radius 3 is 2.86 bits per heavy atom. The number of carboxylic acids is 1. The maximum Gasteiger partial charge on any atom is 0.303 e. The Morgan fingerprint density at radius 2 is 2.18 bits per heavy atom. The summed E-state index contributed by atoms with van der Waals surface area (Å²) < 4.78 is 16.1. The molecule has 1 aromatic heterocycles. The van der Waals surface area contributed by atoms with Crippen LogP contribution in [0.3, 0.4) is 0 Å². The quantitative estimate of drug-likeness (QED) is 0.701. The van der Waals surface area contributed by atoms with E-state index >= 15 is 0 Å². The zero-order valence-electron chi connectivity index (χ0n) is 11.4. The van der Waals surface area contributed by atoms with Gasteiger partial charge in [0.15, 0.2) is 3.95 Å². The van der Waals surface area contributed by atoms with Crippen LogP contribution in [0.4, 0.5) is 4.39 Å². The Kier molecular flexibility index (Phi) is 5.71. The number of thiazole rings is 1. The molecule has 0 saturated carbocycles. The van der Waals surface area contributed by atoms with Crippen LogP contribution < -0.4 is 0 Å². The molecule has 0 atom stereocenters. The van der Waals surface area contributed by atoms with Gasteiger partial charge in [-0.25, -0.2) is 4.39 Å². The fourth-order valence-electron chi connectivity index (χ4n) is 2.00. The van der Waals surface area contributed by atoms with Gasteiger partial charge in [0, 0.05) is 23.9 Å². The van der Waals surface area contributed by atoms with E-state index in [1.807, 2.05) is 0 Å². The number of carboxylic acid groups (broad SMARTS) is 1. The molecule has 0 aliphatic carbocycles. The van der Waals surface area contributed by atoms with Crippen LogP contribution in [-0.2, 0) is 17.8 Å². The fraction of sp³-hybridized carbons (Fsp3) is 0.286. The number of nitrogens with zero attached hydrogens (tertiary/aromatic N) is 1. The Morgan fingerprint density at radius 1 is 1.45 bits per heavy atom. The van der Waals surface area contributed by atoms with Crippen molar-refractivity contribution in [3.05, 3.63) is 42.9 Å². The van der Waals surface area contributed by atoms with Crippen LogP contribution in [0.1, 0.15) is 23.3 Å². The third kappa shape index (κ3) is 4.15. The first kappa shape index (κ1) is 17.1. The topological polar surface area (TPSA) is 62.5 Å². The minimum absolute atomic E-state index is 0.0157. The maximum absolute atomic E-state index is 13.3. The minimum Gasteiger partial charge on any atom is -0.494 e. The number of benzene rings is 1. The zero-order valence-corrected chi connectivity index (χ0v) is 14.6. The van der Waals surface area contributed by atoms with E-state index in [4.69, 9.17) is 17.3 Å². The van der Waals surface area contributed by atoms with E-state index in [0.717, 1.165) is 4.47 Å². The van der Waals surface area contributed by atoms with Gasteiger partial charge in [0.1, 0.15) is 5.82 Å². The average molecular weight is 406 g/mol. The molecule has 22 heavy (non-hydrogen) atoms. The molecule has 1 aromatic carbocycles. The normalized spacial score (nSPS) is 10.8. The molecule has 2 aromatic rings. The Labute approximate surface area is 144 Å². The molecule has 118 valence electrons. The lowest BCUT2D eigenvalue weighted by Gasteiger charge is -2.06. The summed E-state index contributed by atoms with van der Waals surface area (Å²) in [5, 5.41) is 18.9. The molecule has 0 aliphatic heterocycles. The van der Waals surface area contributed by atoms with Crippen LogP contribution >= 0.6 is 39.5 Å². The highest BCUT2D eigenvalue weighted by Gasteiger charge is 2.14. The third-order valence-corrected chi connectivity index (χ3v) is 5.28. The van der Waals surface area contributed by atoms with E-state index in [1.165, 1.54) is 28.0 Å². The summed E-state index contributed by atoms with van der Waals surface area (Å²) in [5.41, 5.74) is 0.712. The molecule has 0 amide bonds. The van der Waals surface area contributed by atoms with Gasteiger partial charge < -0.3 is 10.2 Å². The van der Waals surface area contributed by atoms with Gasteiger partial charge in [0.05, 0.1) is 4.88 Å². The number of rotatable bonds is 6. The van der Waals surface area contributed by atoms with Gasteiger partial charge in [-0.1, -0.05) is 15.9 Å². The van der Waals surface area contributed by atoms with Gasteiger partial charge >= 0.3 is 5.97 Å². The van der Waals surface area contributed by atoms with Crippen molar-refractivity contribution in [1.82, 2.24) is 4.57 Å². The Hall–Kier alpha value is -1.25. The fourth-order valence-corrected chi connectivity index (χ4v) is 3.79. The monoisotopic (exact) mass is 405 g/mol. The van der Waals surface area contributed by atoms with Crippen LogP contribution in [0.5, 0.6) is 5.88 Å². The van der Waals surface area contributed by atoms with Crippen LogP contribution in [0, 0.1) is 9.77 Å². The first-order chi connectivity index (χ1) is 10.4. The van der Waals surface area contributed by atoms with Crippen molar-refractivity contribution in [3.63, 3.8) is 0 Å². The van der Waals surface area contributed by atoms with E-state index in [9.17, 15) is 14.3 Å². The smallest absolute Gasteiger partial charge is 0.303 e. The van der Waals surface area contributed by atoms with Crippen molar-refractivity contribution in [3.8, 4) is 5.88 Å². The summed E-state index contributed by atoms with van der Waals surface area (Å²) in [7, 11) is 0. The second kappa shape index (κ2) is 7.34. The lowest BCUT2D eigenvalue weighted by Crippen LogP contribution is -2.02. The van der Waals surface area contributed by atoms with Crippen molar-refractivity contribution in [1.29, 1.82) is 0 Å². The van der Waals surface area contributed by atoms with E-state index in [-0.39, 0.29) is 18.1 Å². The number of hydrogen-bond donors (Lipinski definition) is 2. The summed E-state index contributed by atoms with van der Waals surface area (Å²) >= 11 is 9.80. The van der Waals surface area contributed by atoms with Crippen molar-refractivity contribution >= 4 is 45.5 Å². The molecule has 4 nitrogen and oxygen atoms in total. The molecule has 1 heterocycles. The van der Waals surface area contributed by atoms with Gasteiger partial charge in [0.2, 0.25) is 5.88 Å². The average Bonchev–Trinajstić information content (AvgIpc) is 2.70. The molecule has 2 N–H and O–H groups in total. The molecule has 0 saturated heterocycles. The van der Waals surface area contributed by atoms with Crippen molar-refractivity contribution in [2.24, 2.45) is 0 Å². The van der Waals surface area contributed by atoms with Crippen molar-refractivity contribution in [2.75, 3.05) is 0 Å². The molecular formula is C14H13BrFNO3S2. The predicted octanol–water partition coefficient (Wildman–Crippen LogP) is 4.34. The lowest BCUT2D eigenvalue weighted by atomic mass is 10.1.